The second kappa shape index (κ2) is 5.41. The molecule has 0 saturated heterocycles. The van der Waals surface area contributed by atoms with E-state index < -0.39 is 13.0 Å². The van der Waals surface area contributed by atoms with Crippen LogP contribution in [-0.2, 0) is 0 Å². The van der Waals surface area contributed by atoms with Gasteiger partial charge in [0.15, 0.2) is 0 Å². The predicted octanol–water partition coefficient (Wildman–Crippen LogP) is 2.68. The first-order valence-electron chi connectivity index (χ1n) is 4.50. The number of benzene rings is 1. The van der Waals surface area contributed by atoms with E-state index in [4.69, 9.17) is 29.6 Å². The minimum absolute atomic E-state index is 0.160. The van der Waals surface area contributed by atoms with Crippen LogP contribution in [0.25, 0.3) is 0 Å². The van der Waals surface area contributed by atoms with Gasteiger partial charge in [0.05, 0.1) is 6.54 Å². The second-order valence-electron chi connectivity index (χ2n) is 3.30. The minimum Gasteiger partial charge on any atom is -0.389 e. The number of thiocarbonyl (C=S) groups is 1. The first kappa shape index (κ1) is 13.1. The molecule has 16 heavy (non-hydrogen) atoms. The lowest BCUT2D eigenvalue weighted by Gasteiger charge is -2.21. The van der Waals surface area contributed by atoms with E-state index in [0.717, 1.165) is 0 Å². The van der Waals surface area contributed by atoms with Crippen LogP contribution >= 0.6 is 23.8 Å². The van der Waals surface area contributed by atoms with Crippen molar-refractivity contribution in [2.45, 2.75) is 6.43 Å². The quantitative estimate of drug-likeness (QED) is 0.848. The van der Waals surface area contributed by atoms with Crippen molar-refractivity contribution in [3.63, 3.8) is 0 Å². The molecule has 0 amide bonds. The Hall–Kier alpha value is -0.940. The van der Waals surface area contributed by atoms with Gasteiger partial charge in [-0.1, -0.05) is 23.8 Å². The van der Waals surface area contributed by atoms with Gasteiger partial charge in [0, 0.05) is 23.3 Å². The number of anilines is 1. The third-order valence-corrected chi connectivity index (χ3v) is 2.50. The SMILES string of the molecule is CN(CC(F)F)c1cc(Cl)ccc1C(N)=S. The number of nitrogens with zero attached hydrogens (tertiary/aromatic N) is 1. The highest BCUT2D eigenvalue weighted by molar-refractivity contribution is 7.80. The van der Waals surface area contributed by atoms with Gasteiger partial charge in [-0.15, -0.1) is 0 Å². The molecule has 0 aromatic heterocycles. The molecular formula is C10H11ClF2N2S. The molecule has 1 aromatic rings. The van der Waals surface area contributed by atoms with Crippen molar-refractivity contribution in [2.75, 3.05) is 18.5 Å². The van der Waals surface area contributed by atoms with Crippen molar-refractivity contribution >= 4 is 34.5 Å². The maximum Gasteiger partial charge on any atom is 0.255 e. The largest absolute Gasteiger partial charge is 0.389 e. The van der Waals surface area contributed by atoms with Gasteiger partial charge in [0.1, 0.15) is 4.99 Å². The van der Waals surface area contributed by atoms with Crippen LogP contribution in [0.4, 0.5) is 14.5 Å². The highest BCUT2D eigenvalue weighted by atomic mass is 35.5. The molecule has 0 radical (unpaired) electrons. The van der Waals surface area contributed by atoms with Crippen LogP contribution in [-0.4, -0.2) is 25.0 Å². The van der Waals surface area contributed by atoms with E-state index in [1.54, 1.807) is 25.2 Å². The smallest absolute Gasteiger partial charge is 0.255 e. The van der Waals surface area contributed by atoms with Crippen LogP contribution in [0.15, 0.2) is 18.2 Å². The lowest BCUT2D eigenvalue weighted by Crippen LogP contribution is -2.26. The summed E-state index contributed by atoms with van der Waals surface area (Å²) < 4.78 is 24.5. The first-order valence-corrected chi connectivity index (χ1v) is 5.29. The summed E-state index contributed by atoms with van der Waals surface area (Å²) in [6.45, 7) is -0.393. The summed E-state index contributed by atoms with van der Waals surface area (Å²) in [4.78, 5) is 1.54. The summed E-state index contributed by atoms with van der Waals surface area (Å²) in [6, 6.07) is 4.82. The Morgan fingerprint density at radius 3 is 2.69 bits per heavy atom. The molecule has 1 aromatic carbocycles. The second-order valence-corrected chi connectivity index (χ2v) is 4.17. The van der Waals surface area contributed by atoms with E-state index in [0.29, 0.717) is 16.3 Å². The zero-order valence-corrected chi connectivity index (χ0v) is 10.2. The molecule has 2 N–H and O–H groups in total. The third kappa shape index (κ3) is 3.28. The molecular weight excluding hydrogens is 254 g/mol. The Labute approximate surface area is 103 Å². The van der Waals surface area contributed by atoms with Crippen LogP contribution in [0, 0.1) is 0 Å². The van der Waals surface area contributed by atoms with Gasteiger partial charge in [0.2, 0.25) is 0 Å². The van der Waals surface area contributed by atoms with Crippen molar-refractivity contribution in [1.29, 1.82) is 0 Å². The monoisotopic (exact) mass is 264 g/mol. The van der Waals surface area contributed by atoms with Crippen LogP contribution in [0.1, 0.15) is 5.56 Å². The van der Waals surface area contributed by atoms with E-state index in [9.17, 15) is 8.78 Å². The van der Waals surface area contributed by atoms with Crippen molar-refractivity contribution in [3.8, 4) is 0 Å². The average molecular weight is 265 g/mol. The van der Waals surface area contributed by atoms with Gasteiger partial charge in [-0.25, -0.2) is 8.78 Å². The van der Waals surface area contributed by atoms with Gasteiger partial charge >= 0.3 is 0 Å². The summed E-state index contributed by atoms with van der Waals surface area (Å²) in [5.41, 5.74) is 6.57. The Bertz CT molecular complexity index is 398. The van der Waals surface area contributed by atoms with Crippen LogP contribution in [0.5, 0.6) is 0 Å². The molecule has 0 saturated carbocycles. The van der Waals surface area contributed by atoms with Crippen molar-refractivity contribution in [2.24, 2.45) is 5.73 Å². The zero-order chi connectivity index (χ0) is 12.3. The molecule has 88 valence electrons. The van der Waals surface area contributed by atoms with E-state index in [1.807, 2.05) is 0 Å². The van der Waals surface area contributed by atoms with Gasteiger partial charge < -0.3 is 10.6 Å². The highest BCUT2D eigenvalue weighted by Gasteiger charge is 2.14. The fraction of sp³-hybridized carbons (Fsp3) is 0.300. The number of rotatable bonds is 4. The number of nitrogens with two attached hydrogens (primary N) is 1. The van der Waals surface area contributed by atoms with Crippen molar-refractivity contribution in [3.05, 3.63) is 28.8 Å². The van der Waals surface area contributed by atoms with Crippen molar-refractivity contribution in [1.82, 2.24) is 0 Å². The predicted molar refractivity (Wildman–Crippen MR) is 66.6 cm³/mol. The molecule has 0 aliphatic heterocycles. The number of hydrogen-bond acceptors (Lipinski definition) is 2. The van der Waals surface area contributed by atoms with Crippen LogP contribution in [0.3, 0.4) is 0 Å². The molecule has 6 heteroatoms. The Morgan fingerprint density at radius 2 is 2.19 bits per heavy atom. The van der Waals surface area contributed by atoms with Gasteiger partial charge in [-0.05, 0) is 18.2 Å². The van der Waals surface area contributed by atoms with Gasteiger partial charge in [-0.3, -0.25) is 0 Å². The van der Waals surface area contributed by atoms with E-state index in [2.05, 4.69) is 0 Å². The first-order chi connectivity index (χ1) is 7.41. The molecule has 0 fully saturated rings. The number of hydrogen-bond donors (Lipinski definition) is 1. The van der Waals surface area contributed by atoms with Crippen LogP contribution < -0.4 is 10.6 Å². The lowest BCUT2D eigenvalue weighted by molar-refractivity contribution is 0.156. The van der Waals surface area contributed by atoms with E-state index in [-0.39, 0.29) is 4.99 Å². The molecule has 0 aliphatic carbocycles. The van der Waals surface area contributed by atoms with Crippen LogP contribution in [0.2, 0.25) is 5.02 Å². The Kier molecular flexibility index (Phi) is 4.44. The number of alkyl halides is 2. The normalized spacial score (nSPS) is 10.6. The highest BCUT2D eigenvalue weighted by Crippen LogP contribution is 2.24. The molecule has 0 atom stereocenters. The molecule has 0 unspecified atom stereocenters. The maximum absolute atomic E-state index is 12.3. The average Bonchev–Trinajstić information content (AvgIpc) is 2.15. The fourth-order valence-electron chi connectivity index (χ4n) is 1.33. The summed E-state index contributed by atoms with van der Waals surface area (Å²) in [7, 11) is 1.54. The summed E-state index contributed by atoms with van der Waals surface area (Å²) in [5.74, 6) is 0. The summed E-state index contributed by atoms with van der Waals surface area (Å²) in [5, 5.41) is 0.455. The van der Waals surface area contributed by atoms with Gasteiger partial charge in [-0.2, -0.15) is 0 Å². The molecule has 0 aliphatic rings. The number of halogens is 3. The zero-order valence-electron chi connectivity index (χ0n) is 8.58. The lowest BCUT2D eigenvalue weighted by atomic mass is 10.1. The standard InChI is InChI=1S/C10H11ClF2N2S/c1-15(5-9(12)13)8-4-6(11)2-3-7(8)10(14)16/h2-4,9H,5H2,1H3,(H2,14,16). The van der Waals surface area contributed by atoms with E-state index in [1.165, 1.54) is 4.90 Å². The molecule has 2 nitrogen and oxygen atoms in total. The fourth-order valence-corrected chi connectivity index (χ4v) is 1.67. The Balaban J connectivity index is 3.09. The minimum atomic E-state index is -2.43. The van der Waals surface area contributed by atoms with E-state index >= 15 is 0 Å². The maximum atomic E-state index is 12.3. The summed E-state index contributed by atoms with van der Waals surface area (Å²) in [6.07, 6.45) is -2.43. The molecule has 0 heterocycles. The molecule has 0 bridgehead atoms. The topological polar surface area (TPSA) is 29.3 Å². The Morgan fingerprint density at radius 1 is 1.56 bits per heavy atom. The molecule has 0 spiro atoms. The third-order valence-electron chi connectivity index (χ3n) is 2.05. The van der Waals surface area contributed by atoms with Gasteiger partial charge in [0.25, 0.3) is 6.43 Å². The van der Waals surface area contributed by atoms with Crippen molar-refractivity contribution < 1.29 is 8.78 Å². The molecule has 1 rings (SSSR count). The summed E-state index contributed by atoms with van der Waals surface area (Å²) >= 11 is 10.7.